The first kappa shape index (κ1) is 11.9. The third-order valence-corrected chi connectivity index (χ3v) is 3.30. The molecule has 0 aliphatic rings. The zero-order valence-electron chi connectivity index (χ0n) is 9.62. The van der Waals surface area contributed by atoms with Crippen molar-refractivity contribution in [3.8, 4) is 11.3 Å². The average Bonchev–Trinajstić information content (AvgIpc) is 2.83. The molecule has 0 bridgehead atoms. The number of carbonyl (C=O) groups is 1. The van der Waals surface area contributed by atoms with E-state index in [-0.39, 0.29) is 5.56 Å². The number of halogens is 1. The van der Waals surface area contributed by atoms with Gasteiger partial charge in [-0.05, 0) is 18.2 Å². The maximum absolute atomic E-state index is 11.1. The van der Waals surface area contributed by atoms with Crippen molar-refractivity contribution < 1.29 is 9.90 Å². The summed E-state index contributed by atoms with van der Waals surface area (Å²) >= 11 is 3.38. The summed E-state index contributed by atoms with van der Waals surface area (Å²) < 4.78 is 2.51. The molecule has 19 heavy (non-hydrogen) atoms. The van der Waals surface area contributed by atoms with Crippen LogP contribution in [-0.2, 0) is 0 Å². The molecule has 0 amide bonds. The lowest BCUT2D eigenvalue weighted by Crippen LogP contribution is -1.99. The van der Waals surface area contributed by atoms with E-state index < -0.39 is 5.97 Å². The summed E-state index contributed by atoms with van der Waals surface area (Å²) in [7, 11) is 0. The number of hydrogen-bond acceptors (Lipinski definition) is 3. The van der Waals surface area contributed by atoms with Crippen molar-refractivity contribution in [2.24, 2.45) is 0 Å². The molecule has 0 atom stereocenters. The Morgan fingerprint density at radius 1 is 1.21 bits per heavy atom. The highest BCUT2D eigenvalue weighted by Crippen LogP contribution is 2.22. The Hall–Kier alpha value is -2.21. The highest BCUT2D eigenvalue weighted by atomic mass is 79.9. The van der Waals surface area contributed by atoms with E-state index in [2.05, 4.69) is 26.0 Å². The zero-order chi connectivity index (χ0) is 13.4. The highest BCUT2D eigenvalue weighted by Gasteiger charge is 2.14. The third kappa shape index (κ3) is 2.00. The first-order valence-electron chi connectivity index (χ1n) is 5.49. The van der Waals surface area contributed by atoms with Crippen molar-refractivity contribution in [3.63, 3.8) is 0 Å². The monoisotopic (exact) mass is 317 g/mol. The SMILES string of the molecule is O=C(O)c1cnn2c(-c3ccc(Br)cc3)ccnc12. The van der Waals surface area contributed by atoms with E-state index in [1.54, 1.807) is 12.3 Å². The molecule has 1 N–H and O–H groups in total. The van der Waals surface area contributed by atoms with Gasteiger partial charge in [-0.3, -0.25) is 0 Å². The second-order valence-electron chi connectivity index (χ2n) is 3.94. The average molecular weight is 318 g/mol. The molecule has 3 rings (SSSR count). The van der Waals surface area contributed by atoms with Gasteiger partial charge in [-0.1, -0.05) is 28.1 Å². The Morgan fingerprint density at radius 3 is 2.63 bits per heavy atom. The standard InChI is InChI=1S/C13H8BrN3O2/c14-9-3-1-8(2-4-9)11-5-6-15-12-10(13(18)19)7-16-17(11)12/h1-7H,(H,18,19). The minimum Gasteiger partial charge on any atom is -0.477 e. The quantitative estimate of drug-likeness (QED) is 0.789. The largest absolute Gasteiger partial charge is 0.477 e. The van der Waals surface area contributed by atoms with E-state index >= 15 is 0 Å². The predicted octanol–water partition coefficient (Wildman–Crippen LogP) is 2.86. The van der Waals surface area contributed by atoms with Crippen molar-refractivity contribution >= 4 is 27.5 Å². The molecule has 0 saturated heterocycles. The number of rotatable bonds is 2. The molecule has 6 heteroatoms. The van der Waals surface area contributed by atoms with E-state index in [9.17, 15) is 4.79 Å². The van der Waals surface area contributed by atoms with Crippen LogP contribution in [0.3, 0.4) is 0 Å². The van der Waals surface area contributed by atoms with Crippen molar-refractivity contribution in [2.75, 3.05) is 0 Å². The molecule has 0 aliphatic carbocycles. The van der Waals surface area contributed by atoms with Crippen LogP contribution in [0.1, 0.15) is 10.4 Å². The van der Waals surface area contributed by atoms with Crippen LogP contribution >= 0.6 is 15.9 Å². The fourth-order valence-electron chi connectivity index (χ4n) is 1.88. The zero-order valence-corrected chi connectivity index (χ0v) is 11.2. The molecule has 3 aromatic rings. The van der Waals surface area contributed by atoms with E-state index in [0.29, 0.717) is 5.65 Å². The molecule has 0 aliphatic heterocycles. The molecule has 2 aromatic heterocycles. The van der Waals surface area contributed by atoms with E-state index in [1.165, 1.54) is 10.7 Å². The maximum atomic E-state index is 11.1. The van der Waals surface area contributed by atoms with Gasteiger partial charge in [-0.2, -0.15) is 5.10 Å². The number of hydrogen-bond donors (Lipinski definition) is 1. The lowest BCUT2D eigenvalue weighted by Gasteiger charge is -2.04. The number of aromatic carboxylic acids is 1. The molecule has 0 saturated carbocycles. The second kappa shape index (κ2) is 4.47. The Kier molecular flexibility index (Phi) is 2.79. The van der Waals surface area contributed by atoms with Crippen LogP contribution in [0.4, 0.5) is 0 Å². The van der Waals surface area contributed by atoms with E-state index in [4.69, 9.17) is 5.11 Å². The lowest BCUT2D eigenvalue weighted by atomic mass is 10.1. The van der Waals surface area contributed by atoms with Crippen molar-refractivity contribution in [1.29, 1.82) is 0 Å². The van der Waals surface area contributed by atoms with Gasteiger partial charge in [0.1, 0.15) is 5.56 Å². The van der Waals surface area contributed by atoms with E-state index in [1.807, 2.05) is 24.3 Å². The molecule has 5 nitrogen and oxygen atoms in total. The molecule has 94 valence electrons. The van der Waals surface area contributed by atoms with Gasteiger partial charge in [0, 0.05) is 16.2 Å². The van der Waals surface area contributed by atoms with Gasteiger partial charge in [0.05, 0.1) is 11.9 Å². The van der Waals surface area contributed by atoms with Gasteiger partial charge >= 0.3 is 5.97 Å². The summed E-state index contributed by atoms with van der Waals surface area (Å²) in [6.45, 7) is 0. The van der Waals surface area contributed by atoms with Crippen molar-refractivity contribution in [1.82, 2.24) is 14.6 Å². The Balaban J connectivity index is 2.25. The highest BCUT2D eigenvalue weighted by molar-refractivity contribution is 9.10. The minimum atomic E-state index is -1.03. The summed E-state index contributed by atoms with van der Waals surface area (Å²) in [6, 6.07) is 9.50. The Bertz CT molecular complexity index is 765. The van der Waals surface area contributed by atoms with Crippen LogP contribution in [0.5, 0.6) is 0 Å². The molecule has 0 radical (unpaired) electrons. The van der Waals surface area contributed by atoms with Gasteiger partial charge in [-0.25, -0.2) is 14.3 Å². The predicted molar refractivity (Wildman–Crippen MR) is 73.1 cm³/mol. The normalized spacial score (nSPS) is 10.8. The smallest absolute Gasteiger partial charge is 0.341 e. The first-order chi connectivity index (χ1) is 9.16. The maximum Gasteiger partial charge on any atom is 0.341 e. The van der Waals surface area contributed by atoms with Crippen LogP contribution < -0.4 is 0 Å². The molecular formula is C13H8BrN3O2. The summed E-state index contributed by atoms with van der Waals surface area (Å²) in [5.41, 5.74) is 2.17. The van der Waals surface area contributed by atoms with Crippen LogP contribution in [0.15, 0.2) is 47.2 Å². The van der Waals surface area contributed by atoms with Gasteiger partial charge < -0.3 is 5.11 Å². The molecule has 0 spiro atoms. The van der Waals surface area contributed by atoms with Gasteiger partial charge in [0.15, 0.2) is 5.65 Å². The number of aromatic nitrogens is 3. The number of carboxylic acid groups (broad SMARTS) is 1. The van der Waals surface area contributed by atoms with Crippen LogP contribution in [0.2, 0.25) is 0 Å². The van der Waals surface area contributed by atoms with Crippen LogP contribution in [-0.4, -0.2) is 25.7 Å². The molecule has 2 heterocycles. The topological polar surface area (TPSA) is 67.5 Å². The molecule has 0 fully saturated rings. The minimum absolute atomic E-state index is 0.0963. The summed E-state index contributed by atoms with van der Waals surface area (Å²) in [4.78, 5) is 15.1. The fraction of sp³-hybridized carbons (Fsp3) is 0. The van der Waals surface area contributed by atoms with Gasteiger partial charge in [0.2, 0.25) is 0 Å². The number of carboxylic acids is 1. The van der Waals surface area contributed by atoms with Gasteiger partial charge in [-0.15, -0.1) is 0 Å². The molecule has 0 unspecified atom stereocenters. The Labute approximate surface area is 116 Å². The summed E-state index contributed by atoms with van der Waals surface area (Å²) in [5.74, 6) is -1.03. The number of benzene rings is 1. The number of nitrogens with zero attached hydrogens (tertiary/aromatic N) is 3. The van der Waals surface area contributed by atoms with Crippen LogP contribution in [0, 0.1) is 0 Å². The van der Waals surface area contributed by atoms with Gasteiger partial charge in [0.25, 0.3) is 0 Å². The van der Waals surface area contributed by atoms with Crippen molar-refractivity contribution in [3.05, 3.63) is 52.8 Å². The second-order valence-corrected chi connectivity index (χ2v) is 4.85. The lowest BCUT2D eigenvalue weighted by molar-refractivity contribution is 0.0699. The Morgan fingerprint density at radius 2 is 1.95 bits per heavy atom. The number of fused-ring (bicyclic) bond motifs is 1. The van der Waals surface area contributed by atoms with Crippen LogP contribution in [0.25, 0.3) is 16.9 Å². The van der Waals surface area contributed by atoms with E-state index in [0.717, 1.165) is 15.7 Å². The fourth-order valence-corrected chi connectivity index (χ4v) is 2.15. The summed E-state index contributed by atoms with van der Waals surface area (Å²) in [5, 5.41) is 13.2. The molecular weight excluding hydrogens is 310 g/mol. The van der Waals surface area contributed by atoms with Crippen molar-refractivity contribution in [2.45, 2.75) is 0 Å². The summed E-state index contributed by atoms with van der Waals surface area (Å²) in [6.07, 6.45) is 2.90. The first-order valence-corrected chi connectivity index (χ1v) is 6.28. The molecule has 1 aromatic carbocycles. The third-order valence-electron chi connectivity index (χ3n) is 2.77.